The Morgan fingerprint density at radius 1 is 0.962 bits per heavy atom. The van der Waals surface area contributed by atoms with E-state index in [4.69, 9.17) is 14.2 Å². The predicted molar refractivity (Wildman–Crippen MR) is 102 cm³/mol. The van der Waals surface area contributed by atoms with Crippen molar-refractivity contribution in [3.05, 3.63) is 48.5 Å². The van der Waals surface area contributed by atoms with Crippen molar-refractivity contribution >= 4 is 9.84 Å². The van der Waals surface area contributed by atoms with Crippen molar-refractivity contribution in [3.8, 4) is 17.2 Å². The van der Waals surface area contributed by atoms with Crippen LogP contribution < -0.4 is 9.47 Å². The molecule has 0 aromatic heterocycles. The third kappa shape index (κ3) is 6.69. The highest BCUT2D eigenvalue weighted by Gasteiger charge is 2.14. The molecule has 0 radical (unpaired) electrons. The van der Waals surface area contributed by atoms with E-state index in [2.05, 4.69) is 0 Å². The Balaban J connectivity index is 2.00. The summed E-state index contributed by atoms with van der Waals surface area (Å²) in [6.07, 6.45) is 1.08. The van der Waals surface area contributed by atoms with E-state index in [9.17, 15) is 8.42 Å². The molecule has 0 heterocycles. The minimum atomic E-state index is -3.22. The molecular weight excluding hydrogens is 352 g/mol. The summed E-state index contributed by atoms with van der Waals surface area (Å²) < 4.78 is 40.4. The van der Waals surface area contributed by atoms with E-state index in [0.717, 1.165) is 0 Å². The Morgan fingerprint density at radius 2 is 1.58 bits per heavy atom. The summed E-state index contributed by atoms with van der Waals surface area (Å²) >= 11 is 0. The monoisotopic (exact) mass is 378 g/mol. The molecule has 1 atom stereocenters. The minimum Gasteiger partial charge on any atom is -0.488 e. The Morgan fingerprint density at radius 3 is 2.15 bits per heavy atom. The molecule has 0 amide bonds. The summed E-state index contributed by atoms with van der Waals surface area (Å²) in [5, 5.41) is 0. The molecule has 0 bridgehead atoms. The lowest BCUT2D eigenvalue weighted by Crippen LogP contribution is -2.27. The van der Waals surface area contributed by atoms with Crippen molar-refractivity contribution in [2.45, 2.75) is 44.3 Å². The normalized spacial score (nSPS) is 13.3. The molecule has 0 N–H and O–H groups in total. The number of benzene rings is 2. The first-order valence-electron chi connectivity index (χ1n) is 8.41. The number of rotatable bonds is 7. The van der Waals surface area contributed by atoms with E-state index >= 15 is 0 Å². The zero-order chi connectivity index (χ0) is 19.4. The van der Waals surface area contributed by atoms with Crippen LogP contribution in [0.25, 0.3) is 0 Å². The van der Waals surface area contributed by atoms with Crippen LogP contribution in [0, 0.1) is 0 Å². The van der Waals surface area contributed by atoms with Gasteiger partial charge in [-0.2, -0.15) is 0 Å². The fraction of sp³-hybridized carbons (Fsp3) is 0.400. The average Bonchev–Trinajstić information content (AvgIpc) is 2.52. The quantitative estimate of drug-likeness (QED) is 0.711. The van der Waals surface area contributed by atoms with Gasteiger partial charge in [0.05, 0.1) is 17.1 Å². The first kappa shape index (κ1) is 20.3. The van der Waals surface area contributed by atoms with Crippen molar-refractivity contribution in [2.75, 3.05) is 12.9 Å². The first-order valence-corrected chi connectivity index (χ1v) is 10.3. The smallest absolute Gasteiger partial charge is 0.175 e. The maximum absolute atomic E-state index is 11.5. The van der Waals surface area contributed by atoms with Crippen LogP contribution in [0.1, 0.15) is 27.7 Å². The molecule has 0 saturated carbocycles. The van der Waals surface area contributed by atoms with Gasteiger partial charge in [-0.05, 0) is 64.1 Å². The lowest BCUT2D eigenvalue weighted by molar-refractivity contribution is -0.0374. The highest BCUT2D eigenvalue weighted by molar-refractivity contribution is 7.90. The van der Waals surface area contributed by atoms with Crippen molar-refractivity contribution in [1.29, 1.82) is 0 Å². The molecule has 2 aromatic rings. The molecule has 0 fully saturated rings. The molecular formula is C20H26O5S. The fourth-order valence-corrected chi connectivity index (χ4v) is 2.77. The van der Waals surface area contributed by atoms with Gasteiger partial charge >= 0.3 is 0 Å². The Bertz CT molecular complexity index is 820. The summed E-state index contributed by atoms with van der Waals surface area (Å²) in [6.45, 7) is 8.44. The van der Waals surface area contributed by atoms with E-state index in [1.54, 1.807) is 18.2 Å². The summed E-state index contributed by atoms with van der Waals surface area (Å²) in [4.78, 5) is 0.259. The van der Waals surface area contributed by atoms with Crippen LogP contribution >= 0.6 is 0 Å². The van der Waals surface area contributed by atoms with E-state index in [1.165, 1.54) is 18.4 Å². The molecule has 0 aliphatic rings. The van der Waals surface area contributed by atoms with Crippen molar-refractivity contribution in [2.24, 2.45) is 0 Å². The van der Waals surface area contributed by atoms with Crippen LogP contribution in [-0.2, 0) is 14.6 Å². The van der Waals surface area contributed by atoms with Crippen LogP contribution in [0.4, 0.5) is 0 Å². The predicted octanol–water partition coefficient (Wildman–Crippen LogP) is 4.46. The van der Waals surface area contributed by atoms with Gasteiger partial charge in [-0.25, -0.2) is 8.42 Å². The summed E-state index contributed by atoms with van der Waals surface area (Å²) in [6, 6.07) is 13.6. The van der Waals surface area contributed by atoms with Crippen LogP contribution in [0.2, 0.25) is 0 Å². The molecule has 142 valence electrons. The van der Waals surface area contributed by atoms with E-state index in [1.807, 2.05) is 45.9 Å². The molecule has 2 aromatic carbocycles. The summed E-state index contributed by atoms with van der Waals surface area (Å²) in [5.74, 6) is 1.84. The first-order chi connectivity index (χ1) is 12.0. The van der Waals surface area contributed by atoms with Crippen LogP contribution in [0.15, 0.2) is 53.4 Å². The summed E-state index contributed by atoms with van der Waals surface area (Å²) in [7, 11) is -3.22. The molecule has 6 heteroatoms. The lowest BCUT2D eigenvalue weighted by Gasteiger charge is -2.23. The standard InChI is InChI=1S/C20H26O5S/c1-15(14-23-20(2,3)4)24-17-7-6-8-18(13-17)25-16-9-11-19(12-10-16)26(5,21)22/h6-13,15H,14H2,1-5H3/t15-/m0/s1. The summed E-state index contributed by atoms with van der Waals surface area (Å²) in [5.41, 5.74) is -0.208. The second-order valence-corrected chi connectivity index (χ2v) is 9.19. The number of hydrogen-bond donors (Lipinski definition) is 0. The SMILES string of the molecule is C[C@@H](COC(C)(C)C)Oc1cccc(Oc2ccc(S(C)(=O)=O)cc2)c1. The number of ether oxygens (including phenoxy) is 3. The van der Waals surface area contributed by atoms with Gasteiger partial charge in [0, 0.05) is 12.3 Å². The van der Waals surface area contributed by atoms with Gasteiger partial charge in [-0.15, -0.1) is 0 Å². The van der Waals surface area contributed by atoms with Gasteiger partial charge < -0.3 is 14.2 Å². The third-order valence-electron chi connectivity index (χ3n) is 3.38. The molecule has 5 nitrogen and oxygen atoms in total. The maximum Gasteiger partial charge on any atom is 0.175 e. The van der Waals surface area contributed by atoms with Crippen LogP contribution in [0.5, 0.6) is 17.2 Å². The molecule has 2 rings (SSSR count). The van der Waals surface area contributed by atoms with Gasteiger partial charge in [0.2, 0.25) is 0 Å². The van der Waals surface area contributed by atoms with Gasteiger partial charge in [-0.1, -0.05) is 6.07 Å². The molecule has 26 heavy (non-hydrogen) atoms. The Labute approximate surface area is 155 Å². The van der Waals surface area contributed by atoms with Crippen LogP contribution in [0.3, 0.4) is 0 Å². The van der Waals surface area contributed by atoms with Crippen molar-refractivity contribution < 1.29 is 22.6 Å². The van der Waals surface area contributed by atoms with E-state index < -0.39 is 9.84 Å². The van der Waals surface area contributed by atoms with Gasteiger partial charge in [-0.3, -0.25) is 0 Å². The zero-order valence-corrected chi connectivity index (χ0v) is 16.7. The molecule has 0 aliphatic heterocycles. The molecule has 0 spiro atoms. The van der Waals surface area contributed by atoms with Gasteiger partial charge in [0.15, 0.2) is 9.84 Å². The van der Waals surface area contributed by atoms with E-state index in [-0.39, 0.29) is 16.6 Å². The van der Waals surface area contributed by atoms with Crippen LogP contribution in [-0.4, -0.2) is 33.0 Å². The fourth-order valence-electron chi connectivity index (χ4n) is 2.14. The average molecular weight is 378 g/mol. The zero-order valence-electron chi connectivity index (χ0n) is 15.9. The second kappa shape index (κ2) is 8.10. The molecule has 0 unspecified atom stereocenters. The van der Waals surface area contributed by atoms with Crippen molar-refractivity contribution in [1.82, 2.24) is 0 Å². The highest BCUT2D eigenvalue weighted by Crippen LogP contribution is 2.26. The van der Waals surface area contributed by atoms with Gasteiger partial charge in [0.1, 0.15) is 23.4 Å². The van der Waals surface area contributed by atoms with Gasteiger partial charge in [0.25, 0.3) is 0 Å². The molecule has 0 aliphatic carbocycles. The lowest BCUT2D eigenvalue weighted by atomic mass is 10.2. The second-order valence-electron chi connectivity index (χ2n) is 7.17. The number of hydrogen-bond acceptors (Lipinski definition) is 5. The topological polar surface area (TPSA) is 61.8 Å². The molecule has 0 saturated heterocycles. The minimum absolute atomic E-state index is 0.0986. The highest BCUT2D eigenvalue weighted by atomic mass is 32.2. The van der Waals surface area contributed by atoms with Crippen molar-refractivity contribution in [3.63, 3.8) is 0 Å². The Kier molecular flexibility index (Phi) is 6.31. The van der Waals surface area contributed by atoms with E-state index in [0.29, 0.717) is 23.9 Å². The number of sulfone groups is 1. The Hall–Kier alpha value is -2.05. The maximum atomic E-state index is 11.5. The largest absolute Gasteiger partial charge is 0.488 e. The third-order valence-corrected chi connectivity index (χ3v) is 4.51.